The van der Waals surface area contributed by atoms with E-state index in [0.717, 1.165) is 60.7 Å². The number of unbranched alkanes of at least 4 members (excludes halogenated alkanes) is 1. The molecule has 5 nitrogen and oxygen atoms in total. The van der Waals surface area contributed by atoms with Crippen LogP contribution in [0.1, 0.15) is 51.5 Å². The topological polar surface area (TPSA) is 52.0 Å². The van der Waals surface area contributed by atoms with Gasteiger partial charge in [-0.2, -0.15) is 0 Å². The molecule has 1 aliphatic heterocycles. The Balaban J connectivity index is 1.71. The third-order valence-corrected chi connectivity index (χ3v) is 8.35. The predicted octanol–water partition coefficient (Wildman–Crippen LogP) is 7.42. The first-order valence-corrected chi connectivity index (χ1v) is 14.8. The molecule has 7 heteroatoms. The molecular weight excluding hydrogens is 521 g/mol. The van der Waals surface area contributed by atoms with E-state index in [1.165, 1.54) is 0 Å². The monoisotopic (exact) mass is 563 g/mol. The highest BCUT2D eigenvalue weighted by atomic mass is 35.5. The first kappa shape index (κ1) is 30.3. The maximum atomic E-state index is 16.7. The summed E-state index contributed by atoms with van der Waals surface area (Å²) in [5.74, 6) is 0.162. The smallest absolute Gasteiger partial charge is 0.158 e. The molecule has 1 heterocycles. The summed E-state index contributed by atoms with van der Waals surface area (Å²) in [6.07, 6.45) is 5.32. The summed E-state index contributed by atoms with van der Waals surface area (Å²) < 4.78 is 16.7. The minimum absolute atomic E-state index is 0.234. The van der Waals surface area contributed by atoms with Crippen LogP contribution < -0.4 is 10.6 Å². The first-order chi connectivity index (χ1) is 19.3. The van der Waals surface area contributed by atoms with E-state index in [-0.39, 0.29) is 6.04 Å². The minimum atomic E-state index is -0.399. The lowest BCUT2D eigenvalue weighted by atomic mass is 9.94. The van der Waals surface area contributed by atoms with Crippen LogP contribution in [0.15, 0.2) is 58.5 Å². The van der Waals surface area contributed by atoms with Crippen LogP contribution in [0.4, 0.5) is 10.1 Å². The van der Waals surface area contributed by atoms with Crippen molar-refractivity contribution in [1.82, 2.24) is 15.5 Å². The molecule has 214 valence electrons. The lowest BCUT2D eigenvalue weighted by Crippen LogP contribution is -2.37. The summed E-state index contributed by atoms with van der Waals surface area (Å²) in [5.41, 5.74) is 2.28. The number of nitrogens with zero attached hydrogens (tertiary/aromatic N) is 3. The van der Waals surface area contributed by atoms with Crippen LogP contribution in [-0.4, -0.2) is 62.8 Å². The molecule has 0 aromatic heterocycles. The zero-order valence-electron chi connectivity index (χ0n) is 24.3. The van der Waals surface area contributed by atoms with Crippen molar-refractivity contribution in [2.45, 2.75) is 70.5 Å². The molecule has 0 aliphatic carbocycles. The number of likely N-dealkylation sites (N-methyl/N-ethyl adjacent to an activating group) is 1. The quantitative estimate of drug-likeness (QED) is 0.137. The van der Waals surface area contributed by atoms with Gasteiger partial charge < -0.3 is 15.5 Å². The first-order valence-electron chi connectivity index (χ1n) is 14.5. The van der Waals surface area contributed by atoms with Gasteiger partial charge in [0.2, 0.25) is 0 Å². The van der Waals surface area contributed by atoms with Crippen LogP contribution >= 0.6 is 11.6 Å². The van der Waals surface area contributed by atoms with Crippen LogP contribution in [0.25, 0.3) is 21.9 Å². The van der Waals surface area contributed by atoms with Gasteiger partial charge in [-0.25, -0.2) is 14.4 Å². The number of benzene rings is 3. The number of aliphatic imine (C=N–C) groups is 2. The number of nitrogens with one attached hydrogen (secondary N) is 2. The molecular formula is C33H43ClFN5. The van der Waals surface area contributed by atoms with Crippen LogP contribution in [0.3, 0.4) is 0 Å². The summed E-state index contributed by atoms with van der Waals surface area (Å²) in [4.78, 5) is 11.4. The SMILES string of the molecule is C=N/C(CCCCN(C)C(C)C)=N\c1c(CC2CCC(CNC)N2)cc(Cl)c(-c2cccc3ccccc23)c1F. The molecule has 0 radical (unpaired) electrons. The summed E-state index contributed by atoms with van der Waals surface area (Å²) in [5, 5.41) is 9.33. The summed E-state index contributed by atoms with van der Waals surface area (Å²) in [7, 11) is 4.10. The highest BCUT2D eigenvalue weighted by Crippen LogP contribution is 2.42. The van der Waals surface area contributed by atoms with E-state index in [1.807, 2.05) is 55.6 Å². The van der Waals surface area contributed by atoms with E-state index in [2.05, 4.69) is 48.1 Å². The van der Waals surface area contributed by atoms with Gasteiger partial charge in [0.15, 0.2) is 5.82 Å². The minimum Gasteiger partial charge on any atom is -0.318 e. The van der Waals surface area contributed by atoms with Gasteiger partial charge in [0.25, 0.3) is 0 Å². The fourth-order valence-corrected chi connectivity index (χ4v) is 5.88. The summed E-state index contributed by atoms with van der Waals surface area (Å²) in [6.45, 7) is 10.1. The maximum absolute atomic E-state index is 16.7. The molecule has 0 bridgehead atoms. The molecule has 1 saturated heterocycles. The van der Waals surface area contributed by atoms with Gasteiger partial charge in [-0.15, -0.1) is 0 Å². The van der Waals surface area contributed by atoms with Gasteiger partial charge in [-0.05, 0) is 101 Å². The standard InChI is InChI=1S/C33H43ClFN5/c1-22(2)40(5)18-9-8-15-30(37-4)39-33-24(19-25-16-17-26(38-25)21-36-3)20-29(34)31(32(33)35)28-14-10-12-23-11-6-7-13-27(23)28/h6-7,10-14,20,22,25-26,36,38H,4,8-9,15-19,21H2,1-3,5H3/b39-30-. The van der Waals surface area contributed by atoms with Gasteiger partial charge in [0.1, 0.15) is 11.5 Å². The van der Waals surface area contributed by atoms with Gasteiger partial charge in [0, 0.05) is 36.7 Å². The number of halogens is 2. The fourth-order valence-electron chi connectivity index (χ4n) is 5.56. The molecule has 0 amide bonds. The normalized spacial score (nSPS) is 17.9. The van der Waals surface area contributed by atoms with Crippen molar-refractivity contribution in [3.63, 3.8) is 0 Å². The number of hydrogen-bond donors (Lipinski definition) is 2. The molecule has 0 spiro atoms. The Morgan fingerprint density at radius 2 is 1.90 bits per heavy atom. The van der Waals surface area contributed by atoms with Crippen molar-refractivity contribution in [1.29, 1.82) is 0 Å². The molecule has 3 aromatic carbocycles. The predicted molar refractivity (Wildman–Crippen MR) is 170 cm³/mol. The Hall–Kier alpha value is -2.64. The van der Waals surface area contributed by atoms with Gasteiger partial charge in [-0.1, -0.05) is 54.1 Å². The largest absolute Gasteiger partial charge is 0.318 e. The van der Waals surface area contributed by atoms with Crippen molar-refractivity contribution >= 4 is 40.6 Å². The Bertz CT molecular complexity index is 1330. The van der Waals surface area contributed by atoms with Gasteiger partial charge in [-0.3, -0.25) is 0 Å². The molecule has 3 aromatic rings. The third-order valence-electron chi connectivity index (χ3n) is 8.05. The second-order valence-corrected chi connectivity index (χ2v) is 11.6. The Kier molecular flexibility index (Phi) is 10.8. The molecule has 1 fully saturated rings. The van der Waals surface area contributed by atoms with E-state index in [0.29, 0.717) is 47.0 Å². The van der Waals surface area contributed by atoms with E-state index >= 15 is 4.39 Å². The number of rotatable bonds is 12. The van der Waals surface area contributed by atoms with Crippen LogP contribution in [0, 0.1) is 5.82 Å². The molecule has 4 rings (SSSR count). The average Bonchev–Trinajstić information content (AvgIpc) is 3.38. The maximum Gasteiger partial charge on any atom is 0.158 e. The number of hydrogen-bond acceptors (Lipinski definition) is 4. The summed E-state index contributed by atoms with van der Waals surface area (Å²) >= 11 is 6.87. The van der Waals surface area contributed by atoms with Crippen molar-refractivity contribution in [3.8, 4) is 11.1 Å². The van der Waals surface area contributed by atoms with Crippen molar-refractivity contribution in [2.75, 3.05) is 27.2 Å². The summed E-state index contributed by atoms with van der Waals surface area (Å²) in [6, 6.07) is 16.9. The third kappa shape index (κ3) is 7.35. The molecule has 1 aliphatic rings. The zero-order chi connectivity index (χ0) is 28.6. The molecule has 2 unspecified atom stereocenters. The zero-order valence-corrected chi connectivity index (χ0v) is 25.1. The highest BCUT2D eigenvalue weighted by Gasteiger charge is 2.27. The van der Waals surface area contributed by atoms with Gasteiger partial charge in [0.05, 0.1) is 5.02 Å². The molecule has 40 heavy (non-hydrogen) atoms. The Morgan fingerprint density at radius 1 is 1.15 bits per heavy atom. The lowest BCUT2D eigenvalue weighted by molar-refractivity contribution is 0.269. The van der Waals surface area contributed by atoms with Crippen LogP contribution in [-0.2, 0) is 6.42 Å². The van der Waals surface area contributed by atoms with Crippen molar-refractivity contribution in [3.05, 3.63) is 64.9 Å². The van der Waals surface area contributed by atoms with Crippen LogP contribution in [0.2, 0.25) is 5.02 Å². The van der Waals surface area contributed by atoms with E-state index in [9.17, 15) is 0 Å². The van der Waals surface area contributed by atoms with Crippen molar-refractivity contribution < 1.29 is 4.39 Å². The highest BCUT2D eigenvalue weighted by molar-refractivity contribution is 6.34. The second kappa shape index (κ2) is 14.3. The average molecular weight is 564 g/mol. The van der Waals surface area contributed by atoms with Crippen LogP contribution in [0.5, 0.6) is 0 Å². The number of fused-ring (bicyclic) bond motifs is 1. The lowest BCUT2D eigenvalue weighted by Gasteiger charge is -2.20. The van der Waals surface area contributed by atoms with E-state index in [4.69, 9.17) is 16.6 Å². The molecule has 2 N–H and O–H groups in total. The molecule has 0 saturated carbocycles. The fraction of sp³-hybridized carbons (Fsp3) is 0.455. The second-order valence-electron chi connectivity index (χ2n) is 11.2. The Morgan fingerprint density at radius 3 is 2.65 bits per heavy atom. The number of amidine groups is 1. The van der Waals surface area contributed by atoms with Gasteiger partial charge >= 0.3 is 0 Å². The Labute approximate surface area is 243 Å². The molecule has 2 atom stereocenters. The van der Waals surface area contributed by atoms with Crippen molar-refractivity contribution in [2.24, 2.45) is 9.98 Å². The van der Waals surface area contributed by atoms with E-state index in [1.54, 1.807) is 0 Å². The van der Waals surface area contributed by atoms with E-state index < -0.39 is 5.82 Å².